The summed E-state index contributed by atoms with van der Waals surface area (Å²) in [5.74, 6) is 1.51. The van der Waals surface area contributed by atoms with E-state index < -0.39 is 0 Å². The lowest BCUT2D eigenvalue weighted by Gasteiger charge is -2.23. The summed E-state index contributed by atoms with van der Waals surface area (Å²) in [6.45, 7) is 6.75. The van der Waals surface area contributed by atoms with Gasteiger partial charge in [-0.1, -0.05) is 0 Å². The van der Waals surface area contributed by atoms with E-state index in [1.54, 1.807) is 0 Å². The number of nitrogens with two attached hydrogens (primary N) is 1. The molecule has 0 amide bonds. The molecule has 0 aromatic heterocycles. The molecule has 0 atom stereocenters. The summed E-state index contributed by atoms with van der Waals surface area (Å²) in [6.07, 6.45) is 2.42. The quantitative estimate of drug-likeness (QED) is 0.803. The summed E-state index contributed by atoms with van der Waals surface area (Å²) in [5, 5.41) is 3.45. The van der Waals surface area contributed by atoms with Gasteiger partial charge < -0.3 is 20.5 Å². The lowest BCUT2D eigenvalue weighted by Crippen LogP contribution is -2.22. The molecule has 19 heavy (non-hydrogen) atoms. The van der Waals surface area contributed by atoms with Crippen molar-refractivity contribution in [1.82, 2.24) is 0 Å². The van der Waals surface area contributed by atoms with Crippen LogP contribution in [0.2, 0.25) is 0 Å². The van der Waals surface area contributed by atoms with Crippen LogP contribution in [0, 0.1) is 5.92 Å². The Bertz CT molecular complexity index is 401. The molecule has 1 saturated heterocycles. The summed E-state index contributed by atoms with van der Waals surface area (Å²) < 4.78 is 11.1. The summed E-state index contributed by atoms with van der Waals surface area (Å²) >= 11 is 0. The molecule has 4 nitrogen and oxygen atoms in total. The summed E-state index contributed by atoms with van der Waals surface area (Å²) in [4.78, 5) is 0. The number of nitrogen functional groups attached to an aromatic ring is 1. The first-order chi connectivity index (χ1) is 9.13. The van der Waals surface area contributed by atoms with E-state index in [0.29, 0.717) is 5.92 Å². The van der Waals surface area contributed by atoms with Crippen LogP contribution in [-0.2, 0) is 4.74 Å². The molecule has 106 valence electrons. The molecule has 4 heteroatoms. The van der Waals surface area contributed by atoms with Crippen molar-refractivity contribution < 1.29 is 9.47 Å². The molecular weight excluding hydrogens is 240 g/mol. The van der Waals surface area contributed by atoms with Crippen molar-refractivity contribution in [2.45, 2.75) is 32.8 Å². The lowest BCUT2D eigenvalue weighted by atomic mass is 10.0. The topological polar surface area (TPSA) is 56.5 Å². The average molecular weight is 264 g/mol. The Labute approximate surface area is 115 Å². The molecule has 1 heterocycles. The largest absolute Gasteiger partial charge is 0.491 e. The zero-order valence-electron chi connectivity index (χ0n) is 11.8. The number of ether oxygens (including phenoxy) is 2. The van der Waals surface area contributed by atoms with Gasteiger partial charge in [-0.2, -0.15) is 0 Å². The highest BCUT2D eigenvalue weighted by molar-refractivity contribution is 5.59. The zero-order valence-corrected chi connectivity index (χ0v) is 11.8. The molecule has 0 spiro atoms. The monoisotopic (exact) mass is 264 g/mol. The fourth-order valence-corrected chi connectivity index (χ4v) is 2.28. The average Bonchev–Trinajstić information content (AvgIpc) is 2.36. The Kier molecular flexibility index (Phi) is 4.91. The lowest BCUT2D eigenvalue weighted by molar-refractivity contribution is 0.0699. The van der Waals surface area contributed by atoms with Crippen molar-refractivity contribution in [2.75, 3.05) is 30.8 Å². The van der Waals surface area contributed by atoms with E-state index in [2.05, 4.69) is 5.32 Å². The zero-order chi connectivity index (χ0) is 13.7. The highest BCUT2D eigenvalue weighted by atomic mass is 16.5. The minimum atomic E-state index is 0.158. The molecule has 0 bridgehead atoms. The van der Waals surface area contributed by atoms with E-state index in [-0.39, 0.29) is 6.10 Å². The highest BCUT2D eigenvalue weighted by Crippen LogP contribution is 2.24. The highest BCUT2D eigenvalue weighted by Gasteiger charge is 2.13. The van der Waals surface area contributed by atoms with Crippen LogP contribution in [0.4, 0.5) is 11.4 Å². The maximum Gasteiger partial charge on any atom is 0.123 e. The Morgan fingerprint density at radius 2 is 2.05 bits per heavy atom. The van der Waals surface area contributed by atoms with Crippen LogP contribution in [0.1, 0.15) is 26.7 Å². The first-order valence-electron chi connectivity index (χ1n) is 7.02. The molecule has 1 aliphatic heterocycles. The maximum absolute atomic E-state index is 5.90. The fourth-order valence-electron chi connectivity index (χ4n) is 2.28. The Hall–Kier alpha value is -1.42. The molecule has 1 fully saturated rings. The molecule has 0 saturated carbocycles. The summed E-state index contributed by atoms with van der Waals surface area (Å²) in [7, 11) is 0. The van der Waals surface area contributed by atoms with Crippen LogP contribution in [0.3, 0.4) is 0 Å². The second-order valence-electron chi connectivity index (χ2n) is 5.39. The second kappa shape index (κ2) is 6.66. The summed E-state index contributed by atoms with van der Waals surface area (Å²) in [5.41, 5.74) is 7.66. The van der Waals surface area contributed by atoms with E-state index in [1.807, 2.05) is 32.0 Å². The van der Waals surface area contributed by atoms with E-state index >= 15 is 0 Å². The van der Waals surface area contributed by atoms with E-state index in [9.17, 15) is 0 Å². The smallest absolute Gasteiger partial charge is 0.123 e. The van der Waals surface area contributed by atoms with Crippen molar-refractivity contribution in [1.29, 1.82) is 0 Å². The normalized spacial score (nSPS) is 16.6. The minimum Gasteiger partial charge on any atom is -0.491 e. The third kappa shape index (κ3) is 4.63. The van der Waals surface area contributed by atoms with Crippen LogP contribution in [0.25, 0.3) is 0 Å². The third-order valence-electron chi connectivity index (χ3n) is 3.24. The van der Waals surface area contributed by atoms with Gasteiger partial charge in [-0.3, -0.25) is 0 Å². The van der Waals surface area contributed by atoms with Crippen LogP contribution in [-0.4, -0.2) is 25.9 Å². The van der Waals surface area contributed by atoms with Crippen molar-refractivity contribution in [2.24, 2.45) is 5.92 Å². The van der Waals surface area contributed by atoms with Gasteiger partial charge in [0.05, 0.1) is 6.10 Å². The Morgan fingerprint density at radius 3 is 2.74 bits per heavy atom. The van der Waals surface area contributed by atoms with Crippen LogP contribution >= 0.6 is 0 Å². The van der Waals surface area contributed by atoms with Gasteiger partial charge in [0.1, 0.15) is 5.75 Å². The van der Waals surface area contributed by atoms with Gasteiger partial charge in [-0.15, -0.1) is 0 Å². The minimum absolute atomic E-state index is 0.158. The summed E-state index contributed by atoms with van der Waals surface area (Å²) in [6, 6.07) is 5.82. The molecule has 0 aliphatic carbocycles. The van der Waals surface area contributed by atoms with Gasteiger partial charge in [0.2, 0.25) is 0 Å². The van der Waals surface area contributed by atoms with Gasteiger partial charge in [-0.05, 0) is 38.7 Å². The van der Waals surface area contributed by atoms with Gasteiger partial charge in [-0.25, -0.2) is 0 Å². The fraction of sp³-hybridized carbons (Fsp3) is 0.600. The van der Waals surface area contributed by atoms with E-state index in [1.165, 1.54) is 0 Å². The first kappa shape index (κ1) is 14.0. The van der Waals surface area contributed by atoms with E-state index in [4.69, 9.17) is 15.2 Å². The molecular formula is C15H24N2O2. The first-order valence-corrected chi connectivity index (χ1v) is 7.02. The molecule has 3 N–H and O–H groups in total. The predicted octanol–water partition coefficient (Wildman–Crippen LogP) is 2.89. The number of hydrogen-bond donors (Lipinski definition) is 2. The van der Waals surface area contributed by atoms with Gasteiger partial charge in [0.15, 0.2) is 0 Å². The van der Waals surface area contributed by atoms with Crippen molar-refractivity contribution in [3.05, 3.63) is 18.2 Å². The van der Waals surface area contributed by atoms with E-state index in [0.717, 1.165) is 49.7 Å². The number of anilines is 2. The third-order valence-corrected chi connectivity index (χ3v) is 3.24. The molecule has 0 radical (unpaired) electrons. The van der Waals surface area contributed by atoms with Crippen molar-refractivity contribution >= 4 is 11.4 Å². The number of rotatable bonds is 5. The van der Waals surface area contributed by atoms with Crippen molar-refractivity contribution in [3.8, 4) is 5.75 Å². The molecule has 1 aliphatic rings. The SMILES string of the molecule is CC(C)Oc1cc(N)cc(NCC2CCOCC2)c1. The molecule has 0 unspecified atom stereocenters. The number of hydrogen-bond acceptors (Lipinski definition) is 4. The number of nitrogens with one attached hydrogen (secondary N) is 1. The molecule has 1 aromatic rings. The second-order valence-corrected chi connectivity index (χ2v) is 5.39. The van der Waals surface area contributed by atoms with Crippen LogP contribution < -0.4 is 15.8 Å². The number of benzene rings is 1. The molecule has 1 aromatic carbocycles. The Balaban J connectivity index is 1.93. The van der Waals surface area contributed by atoms with Crippen LogP contribution in [0.5, 0.6) is 5.75 Å². The van der Waals surface area contributed by atoms with Crippen molar-refractivity contribution in [3.63, 3.8) is 0 Å². The maximum atomic E-state index is 5.90. The Morgan fingerprint density at radius 1 is 1.32 bits per heavy atom. The molecule has 2 rings (SSSR count). The van der Waals surface area contributed by atoms with Gasteiger partial charge in [0.25, 0.3) is 0 Å². The van der Waals surface area contributed by atoms with Crippen LogP contribution in [0.15, 0.2) is 18.2 Å². The predicted molar refractivity (Wildman–Crippen MR) is 78.7 cm³/mol. The van der Waals surface area contributed by atoms with Gasteiger partial charge in [0, 0.05) is 43.3 Å². The standard InChI is InChI=1S/C15H24N2O2/c1-11(2)19-15-8-13(16)7-14(9-15)17-10-12-3-5-18-6-4-12/h7-9,11-12,17H,3-6,10,16H2,1-2H3. The van der Waals surface area contributed by atoms with Gasteiger partial charge >= 0.3 is 0 Å².